The molecular formula is C27H54N2O3. The summed E-state index contributed by atoms with van der Waals surface area (Å²) < 4.78 is 0. The molecule has 32 heavy (non-hydrogen) atoms. The number of carboxylic acids is 1. The lowest BCUT2D eigenvalue weighted by molar-refractivity contribution is -0.144. The molecule has 5 nitrogen and oxygen atoms in total. The van der Waals surface area contributed by atoms with Gasteiger partial charge in [0.25, 0.3) is 0 Å². The number of carbonyl (C=O) groups excluding carboxylic acids is 1. The number of carboxylic acid groups (broad SMARTS) is 1. The molecule has 190 valence electrons. The van der Waals surface area contributed by atoms with E-state index in [-0.39, 0.29) is 11.9 Å². The summed E-state index contributed by atoms with van der Waals surface area (Å²) in [4.78, 5) is 26.0. The summed E-state index contributed by atoms with van der Waals surface area (Å²) in [6.07, 6.45) is 20.7. The molecule has 5 heteroatoms. The van der Waals surface area contributed by atoms with Crippen LogP contribution in [0.25, 0.3) is 0 Å². The Kier molecular flexibility index (Phi) is 21.0. The molecule has 0 rings (SSSR count). The number of rotatable bonds is 23. The summed E-state index contributed by atoms with van der Waals surface area (Å²) in [5.74, 6) is -0.863. The summed E-state index contributed by atoms with van der Waals surface area (Å²) in [6, 6.07) is -0.990. The zero-order valence-electron chi connectivity index (χ0n) is 21.8. The molecule has 0 saturated heterocycles. The molecule has 2 N–H and O–H groups in total. The van der Waals surface area contributed by atoms with E-state index in [1.807, 2.05) is 25.7 Å². The van der Waals surface area contributed by atoms with Gasteiger partial charge < -0.3 is 10.4 Å². The Balaban J connectivity index is 3.76. The van der Waals surface area contributed by atoms with Crippen LogP contribution in [-0.4, -0.2) is 47.1 Å². The molecule has 0 aromatic carbocycles. The summed E-state index contributed by atoms with van der Waals surface area (Å²) >= 11 is 0. The fourth-order valence-corrected chi connectivity index (χ4v) is 4.54. The van der Waals surface area contributed by atoms with Gasteiger partial charge in [-0.2, -0.15) is 0 Å². The van der Waals surface area contributed by atoms with Crippen molar-refractivity contribution in [1.29, 1.82) is 0 Å². The van der Waals surface area contributed by atoms with Gasteiger partial charge in [0, 0.05) is 6.42 Å². The van der Waals surface area contributed by atoms with Crippen molar-refractivity contribution < 1.29 is 14.7 Å². The monoisotopic (exact) mass is 454 g/mol. The van der Waals surface area contributed by atoms with Crippen molar-refractivity contribution in [3.05, 3.63) is 0 Å². The summed E-state index contributed by atoms with van der Waals surface area (Å²) in [7, 11) is 0. The van der Waals surface area contributed by atoms with Crippen molar-refractivity contribution in [2.75, 3.05) is 13.1 Å². The zero-order valence-corrected chi connectivity index (χ0v) is 21.8. The minimum Gasteiger partial charge on any atom is -0.480 e. The van der Waals surface area contributed by atoms with E-state index in [1.165, 1.54) is 83.5 Å². The number of likely N-dealkylation sites (N-methyl/N-ethyl adjacent to an activating group) is 1. The van der Waals surface area contributed by atoms with Gasteiger partial charge in [0.05, 0.1) is 6.04 Å². The van der Waals surface area contributed by atoms with Crippen LogP contribution in [-0.2, 0) is 9.59 Å². The van der Waals surface area contributed by atoms with Gasteiger partial charge >= 0.3 is 5.97 Å². The van der Waals surface area contributed by atoms with E-state index in [4.69, 9.17) is 0 Å². The molecule has 0 heterocycles. The van der Waals surface area contributed by atoms with Crippen molar-refractivity contribution in [1.82, 2.24) is 10.2 Å². The van der Waals surface area contributed by atoms with Crippen LogP contribution in [0, 0.1) is 0 Å². The van der Waals surface area contributed by atoms with Crippen LogP contribution in [0.1, 0.15) is 137 Å². The van der Waals surface area contributed by atoms with Crippen molar-refractivity contribution in [3.63, 3.8) is 0 Å². The molecule has 0 aliphatic heterocycles. The van der Waals surface area contributed by atoms with Crippen molar-refractivity contribution in [2.24, 2.45) is 0 Å². The molecule has 0 saturated carbocycles. The maximum atomic E-state index is 12.4. The van der Waals surface area contributed by atoms with E-state index < -0.39 is 12.0 Å². The third kappa shape index (κ3) is 15.7. The first-order chi connectivity index (χ1) is 15.5. The Labute approximate surface area is 199 Å². The average Bonchev–Trinajstić information content (AvgIpc) is 2.78. The SMILES string of the molecule is CCCCCCCCCCCCCCCCCC(=O)NC(CC)C(C(=O)O)N(CC)CC. The normalized spacial score (nSPS) is 13.3. The van der Waals surface area contributed by atoms with E-state index in [2.05, 4.69) is 12.2 Å². The molecule has 0 aliphatic carbocycles. The lowest BCUT2D eigenvalue weighted by Gasteiger charge is -2.32. The summed E-state index contributed by atoms with van der Waals surface area (Å²) in [6.45, 7) is 9.47. The van der Waals surface area contributed by atoms with Gasteiger partial charge in [-0.15, -0.1) is 0 Å². The fraction of sp³-hybridized carbons (Fsp3) is 0.926. The van der Waals surface area contributed by atoms with Crippen LogP contribution in [0.15, 0.2) is 0 Å². The van der Waals surface area contributed by atoms with Crippen LogP contribution in [0.3, 0.4) is 0 Å². The third-order valence-electron chi connectivity index (χ3n) is 6.63. The molecule has 0 fully saturated rings. The number of nitrogens with zero attached hydrogens (tertiary/aromatic N) is 1. The molecule has 0 spiro atoms. The first-order valence-electron chi connectivity index (χ1n) is 13.8. The standard InChI is InChI=1S/C27H54N2O3/c1-5-9-10-11-12-13-14-15-16-17-18-19-20-21-22-23-25(30)28-24(6-2)26(27(31)32)29(7-3)8-4/h24,26H,5-23H2,1-4H3,(H,28,30)(H,31,32). The van der Waals surface area contributed by atoms with Gasteiger partial charge in [-0.05, 0) is 25.9 Å². The topological polar surface area (TPSA) is 69.6 Å². The predicted molar refractivity (Wildman–Crippen MR) is 136 cm³/mol. The van der Waals surface area contributed by atoms with Crippen molar-refractivity contribution in [3.8, 4) is 0 Å². The number of nitrogens with one attached hydrogen (secondary N) is 1. The van der Waals surface area contributed by atoms with Crippen LogP contribution in [0.5, 0.6) is 0 Å². The van der Waals surface area contributed by atoms with Crippen LogP contribution < -0.4 is 5.32 Å². The molecule has 2 atom stereocenters. The second-order valence-corrected chi connectivity index (χ2v) is 9.29. The Bertz CT molecular complexity index is 452. The number of amides is 1. The van der Waals surface area contributed by atoms with E-state index in [0.717, 1.165) is 12.8 Å². The van der Waals surface area contributed by atoms with Crippen LogP contribution >= 0.6 is 0 Å². The second kappa shape index (κ2) is 21.7. The Morgan fingerprint density at radius 1 is 0.688 bits per heavy atom. The minimum atomic E-state index is -0.854. The van der Waals surface area contributed by atoms with Crippen LogP contribution in [0.2, 0.25) is 0 Å². The number of unbranched alkanes of at least 4 members (excludes halogenated alkanes) is 14. The van der Waals surface area contributed by atoms with Gasteiger partial charge in [-0.3, -0.25) is 14.5 Å². The highest BCUT2D eigenvalue weighted by Crippen LogP contribution is 2.14. The van der Waals surface area contributed by atoms with Crippen molar-refractivity contribution >= 4 is 11.9 Å². The Morgan fingerprint density at radius 2 is 1.09 bits per heavy atom. The maximum absolute atomic E-state index is 12.4. The zero-order chi connectivity index (χ0) is 24.0. The number of aliphatic carboxylic acids is 1. The lowest BCUT2D eigenvalue weighted by atomic mass is 10.0. The van der Waals surface area contributed by atoms with Gasteiger partial charge in [-0.25, -0.2) is 0 Å². The Hall–Kier alpha value is -1.10. The highest BCUT2D eigenvalue weighted by molar-refractivity contribution is 5.79. The summed E-state index contributed by atoms with van der Waals surface area (Å²) in [5, 5.41) is 12.6. The molecule has 0 aromatic heterocycles. The van der Waals surface area contributed by atoms with E-state index in [0.29, 0.717) is 25.9 Å². The maximum Gasteiger partial charge on any atom is 0.323 e. The molecule has 0 aromatic rings. The predicted octanol–water partition coefficient (Wildman–Crippen LogP) is 6.94. The van der Waals surface area contributed by atoms with E-state index in [9.17, 15) is 14.7 Å². The first-order valence-corrected chi connectivity index (χ1v) is 13.8. The van der Waals surface area contributed by atoms with Crippen molar-refractivity contribution in [2.45, 2.75) is 149 Å². The number of hydrogen-bond donors (Lipinski definition) is 2. The highest BCUT2D eigenvalue weighted by Gasteiger charge is 2.32. The molecular weight excluding hydrogens is 400 g/mol. The molecule has 0 radical (unpaired) electrons. The fourth-order valence-electron chi connectivity index (χ4n) is 4.54. The van der Waals surface area contributed by atoms with Gasteiger partial charge in [0.15, 0.2) is 0 Å². The third-order valence-corrected chi connectivity index (χ3v) is 6.63. The van der Waals surface area contributed by atoms with Gasteiger partial charge in [0.2, 0.25) is 5.91 Å². The highest BCUT2D eigenvalue weighted by atomic mass is 16.4. The smallest absolute Gasteiger partial charge is 0.323 e. The molecule has 2 unspecified atom stereocenters. The quantitative estimate of drug-likeness (QED) is 0.164. The Morgan fingerprint density at radius 3 is 1.44 bits per heavy atom. The van der Waals surface area contributed by atoms with E-state index in [1.54, 1.807) is 0 Å². The number of hydrogen-bond acceptors (Lipinski definition) is 3. The van der Waals surface area contributed by atoms with Gasteiger partial charge in [-0.1, -0.05) is 118 Å². The molecule has 1 amide bonds. The lowest BCUT2D eigenvalue weighted by Crippen LogP contribution is -2.55. The second-order valence-electron chi connectivity index (χ2n) is 9.29. The van der Waals surface area contributed by atoms with E-state index >= 15 is 0 Å². The molecule has 0 aliphatic rings. The summed E-state index contributed by atoms with van der Waals surface area (Å²) in [5.41, 5.74) is 0. The average molecular weight is 455 g/mol. The van der Waals surface area contributed by atoms with Gasteiger partial charge in [0.1, 0.15) is 6.04 Å². The largest absolute Gasteiger partial charge is 0.480 e. The van der Waals surface area contributed by atoms with Crippen LogP contribution in [0.4, 0.5) is 0 Å². The number of carbonyl (C=O) groups is 2. The molecule has 0 bridgehead atoms. The minimum absolute atomic E-state index is 0.00931. The first kappa shape index (κ1) is 30.9.